The Morgan fingerprint density at radius 1 is 1.64 bits per heavy atom. The van der Waals surface area contributed by atoms with E-state index in [2.05, 4.69) is 18.4 Å². The van der Waals surface area contributed by atoms with Gasteiger partial charge in [0.05, 0.1) is 0 Å². The van der Waals surface area contributed by atoms with E-state index in [0.717, 1.165) is 6.54 Å². The van der Waals surface area contributed by atoms with Crippen LogP contribution in [0.5, 0.6) is 0 Å². The molecule has 0 saturated carbocycles. The lowest BCUT2D eigenvalue weighted by Crippen LogP contribution is -3.00. The van der Waals surface area contributed by atoms with E-state index in [9.17, 15) is 0 Å². The van der Waals surface area contributed by atoms with Crippen molar-refractivity contribution in [1.82, 2.24) is 10.0 Å². The van der Waals surface area contributed by atoms with Crippen LogP contribution in [0.25, 0.3) is 0 Å². The van der Waals surface area contributed by atoms with Crippen LogP contribution in [-0.2, 0) is 0 Å². The molecular weight excluding hydrogens is 208 g/mol. The second-order valence-electron chi connectivity index (χ2n) is 2.39. The second kappa shape index (κ2) is 5.29. The first-order valence-corrected chi connectivity index (χ1v) is 3.56. The van der Waals surface area contributed by atoms with E-state index in [1.807, 2.05) is 5.01 Å². The molecule has 1 heterocycles. The van der Waals surface area contributed by atoms with Gasteiger partial charge in [-0.05, 0) is 6.42 Å². The van der Waals surface area contributed by atoms with Crippen molar-refractivity contribution in [2.45, 2.75) is 19.8 Å². The molecule has 1 aliphatic heterocycles. The maximum atomic E-state index is 5.38. The van der Waals surface area contributed by atoms with E-state index in [-0.39, 0.29) is 17.0 Å². The molecule has 0 aromatic heterocycles. The molecule has 11 heavy (non-hydrogen) atoms. The summed E-state index contributed by atoms with van der Waals surface area (Å²) < 4.78 is 0. The highest BCUT2D eigenvalue weighted by Gasteiger charge is 2.23. The molecule has 4 nitrogen and oxygen atoms in total. The Morgan fingerprint density at radius 2 is 2.36 bits per heavy atom. The number of nitrogens with zero attached hydrogens (tertiary/aromatic N) is 3. The minimum Gasteiger partial charge on any atom is -1.00 e. The van der Waals surface area contributed by atoms with Crippen molar-refractivity contribution >= 4 is 6.34 Å². The van der Waals surface area contributed by atoms with Gasteiger partial charge in [-0.3, -0.25) is 0 Å². The summed E-state index contributed by atoms with van der Waals surface area (Å²) in [5.74, 6) is 5.38. The Balaban J connectivity index is 0.000001000. The molecular formula is C6H13BrN4. The summed E-state index contributed by atoms with van der Waals surface area (Å²) in [7, 11) is 0. The first-order valence-electron chi connectivity index (χ1n) is 3.56. The number of hydrazine groups is 1. The van der Waals surface area contributed by atoms with Gasteiger partial charge in [-0.2, -0.15) is 0 Å². The molecule has 0 radical (unpaired) electrons. The van der Waals surface area contributed by atoms with Gasteiger partial charge in [-0.15, -0.1) is 0 Å². The highest BCUT2D eigenvalue weighted by Crippen LogP contribution is 1.99. The van der Waals surface area contributed by atoms with Crippen LogP contribution < -0.4 is 22.8 Å². The quantitative estimate of drug-likeness (QED) is 0.409. The number of hydrogen-bond acceptors (Lipinski definition) is 4. The average molecular weight is 221 g/mol. The molecule has 2 N–H and O–H groups in total. The lowest BCUT2D eigenvalue weighted by molar-refractivity contribution is -0.00000233. The molecule has 5 heteroatoms. The number of unbranched alkanes of at least 4 members (excludes halogenated alkanes) is 1. The molecule has 0 saturated heterocycles. The summed E-state index contributed by atoms with van der Waals surface area (Å²) >= 11 is 0. The van der Waals surface area contributed by atoms with Gasteiger partial charge >= 0.3 is 6.34 Å². The van der Waals surface area contributed by atoms with Gasteiger partial charge in [0.15, 0.2) is 6.67 Å². The number of hydrogen-bond donors (Lipinski definition) is 1. The topological polar surface area (TPSA) is 44.9 Å². The smallest absolute Gasteiger partial charge is 0.561 e. The third-order valence-corrected chi connectivity index (χ3v) is 1.40. The fourth-order valence-electron chi connectivity index (χ4n) is 0.821. The molecule has 1 rings (SSSR count). The molecule has 0 unspecified atom stereocenters. The van der Waals surface area contributed by atoms with Crippen LogP contribution in [0.4, 0.5) is 0 Å². The summed E-state index contributed by atoms with van der Waals surface area (Å²) in [5.41, 5.74) is 0. The Morgan fingerprint density at radius 3 is 2.82 bits per heavy atom. The third-order valence-electron chi connectivity index (χ3n) is 1.40. The van der Waals surface area contributed by atoms with Crippen molar-refractivity contribution in [2.24, 2.45) is 10.9 Å². The molecule has 0 fully saturated rings. The molecule has 1 aliphatic rings. The lowest BCUT2D eigenvalue weighted by atomic mass is 10.3. The maximum Gasteiger partial charge on any atom is 0.561 e. The van der Waals surface area contributed by atoms with Crippen molar-refractivity contribution in [1.29, 1.82) is 0 Å². The summed E-state index contributed by atoms with van der Waals surface area (Å²) in [5, 5.41) is 7.30. The lowest BCUT2D eigenvalue weighted by Gasteiger charge is -2.06. The zero-order chi connectivity index (χ0) is 7.40. The minimum atomic E-state index is 0. The first kappa shape index (κ1) is 10.6. The van der Waals surface area contributed by atoms with E-state index in [1.54, 1.807) is 0 Å². The fourth-order valence-corrected chi connectivity index (χ4v) is 0.821. The van der Waals surface area contributed by atoms with E-state index in [4.69, 9.17) is 5.84 Å². The number of halogens is 1. The summed E-state index contributed by atoms with van der Waals surface area (Å²) in [6.45, 7) is 3.82. The van der Waals surface area contributed by atoms with Gasteiger partial charge in [0.1, 0.15) is 5.10 Å². The van der Waals surface area contributed by atoms with Crippen molar-refractivity contribution < 1.29 is 17.0 Å². The Hall–Kier alpha value is -0.380. The van der Waals surface area contributed by atoms with Gasteiger partial charge in [-0.25, -0.2) is 10.9 Å². The molecule has 64 valence electrons. The standard InChI is InChI=1S/C6H13N4.BrH/c1-2-3-4-10-6-9(7)5-8-10;/h2-4,6-7H2,1H3;1H/q+1;/p-1. The second-order valence-corrected chi connectivity index (χ2v) is 2.39. The van der Waals surface area contributed by atoms with Crippen molar-refractivity contribution in [3.05, 3.63) is 0 Å². The van der Waals surface area contributed by atoms with Crippen LogP contribution >= 0.6 is 0 Å². The molecule has 0 aromatic carbocycles. The van der Waals surface area contributed by atoms with E-state index in [1.165, 1.54) is 17.9 Å². The summed E-state index contributed by atoms with van der Waals surface area (Å²) in [6.07, 6.45) is 5.00. The number of rotatable bonds is 3. The van der Waals surface area contributed by atoms with Gasteiger partial charge in [0.2, 0.25) is 0 Å². The summed E-state index contributed by atoms with van der Waals surface area (Å²) in [4.78, 5) is 0. The average Bonchev–Trinajstić information content (AvgIpc) is 2.31. The van der Waals surface area contributed by atoms with E-state index >= 15 is 0 Å². The fraction of sp³-hybridized carbons (Fsp3) is 0.833. The van der Waals surface area contributed by atoms with Crippen molar-refractivity contribution in [2.75, 3.05) is 13.2 Å². The molecule has 0 spiro atoms. The normalized spacial score (nSPS) is 14.7. The van der Waals surface area contributed by atoms with Gasteiger partial charge in [0.25, 0.3) is 0 Å². The van der Waals surface area contributed by atoms with Gasteiger partial charge in [-0.1, -0.05) is 18.4 Å². The molecule has 0 aliphatic carbocycles. The van der Waals surface area contributed by atoms with Crippen molar-refractivity contribution in [3.8, 4) is 0 Å². The third kappa shape index (κ3) is 3.51. The number of nitrogens with two attached hydrogens (primary N) is 1. The van der Waals surface area contributed by atoms with E-state index in [0.29, 0.717) is 6.67 Å². The highest BCUT2D eigenvalue weighted by atomic mass is 79.9. The van der Waals surface area contributed by atoms with Crippen LogP contribution in [-0.4, -0.2) is 29.6 Å². The first-order chi connectivity index (χ1) is 4.83. The zero-order valence-electron chi connectivity index (χ0n) is 6.63. The van der Waals surface area contributed by atoms with Crippen LogP contribution in [0.3, 0.4) is 0 Å². The zero-order valence-corrected chi connectivity index (χ0v) is 8.21. The predicted molar refractivity (Wildman–Crippen MR) is 39.9 cm³/mol. The van der Waals surface area contributed by atoms with Gasteiger partial charge in [0, 0.05) is 6.54 Å². The predicted octanol–water partition coefficient (Wildman–Crippen LogP) is -2.94. The molecule has 0 aromatic rings. The molecule has 0 amide bonds. The van der Waals surface area contributed by atoms with Crippen molar-refractivity contribution in [3.63, 3.8) is 0 Å². The van der Waals surface area contributed by atoms with Gasteiger partial charge < -0.3 is 17.0 Å². The SMILES string of the molecule is CCCCN1CN(N)[C+]=N1.[Br-]. The summed E-state index contributed by atoms with van der Waals surface area (Å²) in [6, 6.07) is 0. The Kier molecular flexibility index (Phi) is 5.11. The number of hydrazone groups is 1. The largest absolute Gasteiger partial charge is 1.00 e. The highest BCUT2D eigenvalue weighted by molar-refractivity contribution is 5.54. The monoisotopic (exact) mass is 220 g/mol. The van der Waals surface area contributed by atoms with Crippen LogP contribution in [0.1, 0.15) is 19.8 Å². The Bertz CT molecular complexity index is 128. The van der Waals surface area contributed by atoms with Crippen LogP contribution in [0, 0.1) is 0 Å². The van der Waals surface area contributed by atoms with E-state index < -0.39 is 0 Å². The molecule has 0 atom stereocenters. The molecule has 0 bridgehead atoms. The Labute approximate surface area is 77.8 Å². The van der Waals surface area contributed by atoms with Crippen LogP contribution in [0.15, 0.2) is 5.10 Å². The van der Waals surface area contributed by atoms with Crippen LogP contribution in [0.2, 0.25) is 0 Å². The minimum absolute atomic E-state index is 0. The maximum absolute atomic E-state index is 5.38.